The average molecular weight is 321 g/mol. The fourth-order valence-corrected chi connectivity index (χ4v) is 3.63. The summed E-state index contributed by atoms with van der Waals surface area (Å²) in [6.07, 6.45) is 5.78. The lowest BCUT2D eigenvalue weighted by Crippen LogP contribution is -2.27. The molecule has 24 heavy (non-hydrogen) atoms. The number of anilines is 1. The van der Waals surface area contributed by atoms with Gasteiger partial charge in [0.25, 0.3) is 0 Å². The average Bonchev–Trinajstić information content (AvgIpc) is 3.03. The molecule has 1 unspecified atom stereocenters. The van der Waals surface area contributed by atoms with Crippen molar-refractivity contribution in [3.8, 4) is 5.75 Å². The van der Waals surface area contributed by atoms with Crippen LogP contribution in [0.4, 0.5) is 5.69 Å². The van der Waals surface area contributed by atoms with Gasteiger partial charge in [0.15, 0.2) is 5.96 Å². The first-order valence-electron chi connectivity index (χ1n) is 8.72. The second-order valence-electron chi connectivity index (χ2n) is 6.55. The monoisotopic (exact) mass is 321 g/mol. The van der Waals surface area contributed by atoms with E-state index in [1.54, 1.807) is 0 Å². The molecule has 0 radical (unpaired) electrons. The molecule has 4 heteroatoms. The van der Waals surface area contributed by atoms with Crippen LogP contribution in [0.25, 0.3) is 0 Å². The molecule has 2 aromatic rings. The Morgan fingerprint density at radius 3 is 2.83 bits per heavy atom. The van der Waals surface area contributed by atoms with Gasteiger partial charge in [-0.2, -0.15) is 0 Å². The minimum Gasteiger partial charge on any atom is -0.488 e. The van der Waals surface area contributed by atoms with Crippen molar-refractivity contribution in [2.24, 2.45) is 10.7 Å². The normalized spacial score (nSPS) is 19.3. The number of nitrogens with two attached hydrogens (primary N) is 1. The molecule has 0 aromatic heterocycles. The van der Waals surface area contributed by atoms with Crippen molar-refractivity contribution in [1.82, 2.24) is 0 Å². The Hall–Kier alpha value is -2.49. The van der Waals surface area contributed by atoms with Crippen LogP contribution in [0.15, 0.2) is 47.5 Å². The number of nitrogens with one attached hydrogen (secondary N) is 1. The quantitative estimate of drug-likeness (QED) is 0.673. The summed E-state index contributed by atoms with van der Waals surface area (Å²) >= 11 is 0. The van der Waals surface area contributed by atoms with Gasteiger partial charge in [-0.3, -0.25) is 0 Å². The molecule has 124 valence electrons. The molecule has 0 bridgehead atoms. The van der Waals surface area contributed by atoms with Crippen molar-refractivity contribution in [3.05, 3.63) is 59.2 Å². The van der Waals surface area contributed by atoms with Gasteiger partial charge in [0.05, 0.1) is 6.54 Å². The van der Waals surface area contributed by atoms with Crippen LogP contribution in [-0.4, -0.2) is 18.6 Å². The molecular formula is C20H23N3O. The second kappa shape index (κ2) is 6.56. The molecule has 2 aliphatic rings. The summed E-state index contributed by atoms with van der Waals surface area (Å²) in [5, 5.41) is 3.29. The number of aliphatic imine (C=N–C) groups is 1. The topological polar surface area (TPSA) is 59.6 Å². The van der Waals surface area contributed by atoms with Gasteiger partial charge < -0.3 is 15.8 Å². The molecule has 0 saturated carbocycles. The summed E-state index contributed by atoms with van der Waals surface area (Å²) in [4.78, 5) is 4.49. The first-order chi connectivity index (χ1) is 11.8. The van der Waals surface area contributed by atoms with Crippen molar-refractivity contribution >= 4 is 11.6 Å². The predicted molar refractivity (Wildman–Crippen MR) is 97.8 cm³/mol. The number of benzene rings is 2. The van der Waals surface area contributed by atoms with Gasteiger partial charge in [-0.05, 0) is 54.5 Å². The van der Waals surface area contributed by atoms with Gasteiger partial charge in [-0.25, -0.2) is 4.99 Å². The predicted octanol–water partition coefficient (Wildman–Crippen LogP) is 3.30. The number of ether oxygens (including phenoxy) is 1. The highest BCUT2D eigenvalue weighted by Crippen LogP contribution is 2.29. The third-order valence-corrected chi connectivity index (χ3v) is 4.84. The maximum Gasteiger partial charge on any atom is 0.193 e. The molecule has 0 amide bonds. The number of fused-ring (bicyclic) bond motifs is 2. The molecule has 1 aliphatic carbocycles. The minimum atomic E-state index is 0.0763. The van der Waals surface area contributed by atoms with Crippen LogP contribution in [0.5, 0.6) is 5.75 Å². The summed E-state index contributed by atoms with van der Waals surface area (Å²) in [6, 6.07) is 14.6. The number of aryl methyl sites for hydroxylation is 1. The zero-order valence-corrected chi connectivity index (χ0v) is 13.8. The summed E-state index contributed by atoms with van der Waals surface area (Å²) in [7, 11) is 0. The largest absolute Gasteiger partial charge is 0.488 e. The molecule has 2 aromatic carbocycles. The van der Waals surface area contributed by atoms with Gasteiger partial charge in [-0.15, -0.1) is 0 Å². The van der Waals surface area contributed by atoms with E-state index in [1.807, 2.05) is 18.2 Å². The Labute approximate surface area is 142 Å². The van der Waals surface area contributed by atoms with Crippen molar-refractivity contribution in [1.29, 1.82) is 0 Å². The zero-order chi connectivity index (χ0) is 16.4. The van der Waals surface area contributed by atoms with Crippen molar-refractivity contribution in [2.75, 3.05) is 11.9 Å². The molecule has 0 spiro atoms. The first-order valence-corrected chi connectivity index (χ1v) is 8.72. The second-order valence-corrected chi connectivity index (χ2v) is 6.55. The minimum absolute atomic E-state index is 0.0763. The smallest absolute Gasteiger partial charge is 0.193 e. The van der Waals surface area contributed by atoms with Crippen LogP contribution in [0.2, 0.25) is 0 Å². The van der Waals surface area contributed by atoms with Gasteiger partial charge in [0.2, 0.25) is 0 Å². The SMILES string of the molecule is NC(=NCC1Cc2ccccc2O1)Nc1cccc2c1CCCC2. The van der Waals surface area contributed by atoms with Crippen molar-refractivity contribution in [3.63, 3.8) is 0 Å². The molecule has 1 aliphatic heterocycles. The third-order valence-electron chi connectivity index (χ3n) is 4.84. The van der Waals surface area contributed by atoms with Crippen LogP contribution < -0.4 is 15.8 Å². The first kappa shape index (κ1) is 15.1. The Bertz CT molecular complexity index is 744. The number of rotatable bonds is 3. The third kappa shape index (κ3) is 3.09. The highest BCUT2D eigenvalue weighted by Gasteiger charge is 2.22. The zero-order valence-electron chi connectivity index (χ0n) is 13.8. The van der Waals surface area contributed by atoms with Gasteiger partial charge >= 0.3 is 0 Å². The van der Waals surface area contributed by atoms with Crippen molar-refractivity contribution in [2.45, 2.75) is 38.2 Å². The van der Waals surface area contributed by atoms with E-state index in [2.05, 4.69) is 34.6 Å². The lowest BCUT2D eigenvalue weighted by molar-refractivity contribution is 0.242. The van der Waals surface area contributed by atoms with E-state index in [4.69, 9.17) is 10.5 Å². The molecule has 1 atom stereocenters. The number of hydrogen-bond donors (Lipinski definition) is 2. The van der Waals surface area contributed by atoms with Crippen LogP contribution in [0, 0.1) is 0 Å². The maximum absolute atomic E-state index is 6.11. The summed E-state index contributed by atoms with van der Waals surface area (Å²) in [6.45, 7) is 0.572. The van der Waals surface area contributed by atoms with E-state index in [-0.39, 0.29) is 6.10 Å². The number of para-hydroxylation sites is 1. The Kier molecular flexibility index (Phi) is 4.11. The lowest BCUT2D eigenvalue weighted by Gasteiger charge is -2.20. The Morgan fingerprint density at radius 2 is 1.92 bits per heavy atom. The molecule has 4 rings (SSSR count). The molecular weight excluding hydrogens is 298 g/mol. The van der Waals surface area contributed by atoms with Crippen LogP contribution in [0.3, 0.4) is 0 Å². The van der Waals surface area contributed by atoms with Crippen molar-refractivity contribution < 1.29 is 4.74 Å². The lowest BCUT2D eigenvalue weighted by atomic mass is 9.90. The number of nitrogens with zero attached hydrogens (tertiary/aromatic N) is 1. The van der Waals surface area contributed by atoms with E-state index in [0.29, 0.717) is 12.5 Å². The highest BCUT2D eigenvalue weighted by molar-refractivity contribution is 5.93. The standard InChI is InChI=1S/C20H23N3O/c21-20(22-13-16-12-15-7-2-4-11-19(15)24-16)23-18-10-5-8-14-6-1-3-9-17(14)18/h2,4-5,7-8,10-11,16H,1,3,6,9,12-13H2,(H3,21,22,23). The number of guanidine groups is 1. The van der Waals surface area contributed by atoms with Crippen LogP contribution >= 0.6 is 0 Å². The van der Waals surface area contributed by atoms with E-state index in [0.717, 1.165) is 30.7 Å². The molecule has 3 N–H and O–H groups in total. The Balaban J connectivity index is 1.40. The van der Waals surface area contributed by atoms with Gasteiger partial charge in [0.1, 0.15) is 11.9 Å². The van der Waals surface area contributed by atoms with E-state index in [1.165, 1.54) is 29.5 Å². The summed E-state index contributed by atoms with van der Waals surface area (Å²) in [5.41, 5.74) is 11.3. The Morgan fingerprint density at radius 1 is 1.08 bits per heavy atom. The van der Waals surface area contributed by atoms with Crippen LogP contribution in [-0.2, 0) is 19.3 Å². The molecule has 0 fully saturated rings. The highest BCUT2D eigenvalue weighted by atomic mass is 16.5. The van der Waals surface area contributed by atoms with Crippen LogP contribution in [0.1, 0.15) is 29.5 Å². The van der Waals surface area contributed by atoms with Gasteiger partial charge in [-0.1, -0.05) is 30.3 Å². The van der Waals surface area contributed by atoms with E-state index >= 15 is 0 Å². The summed E-state index contributed by atoms with van der Waals surface area (Å²) in [5.74, 6) is 1.44. The fraction of sp³-hybridized carbons (Fsp3) is 0.350. The molecule has 4 nitrogen and oxygen atoms in total. The summed E-state index contributed by atoms with van der Waals surface area (Å²) < 4.78 is 5.91. The fourth-order valence-electron chi connectivity index (χ4n) is 3.63. The van der Waals surface area contributed by atoms with Gasteiger partial charge in [0, 0.05) is 12.1 Å². The molecule has 1 heterocycles. The maximum atomic E-state index is 6.11. The molecule has 0 saturated heterocycles. The van der Waals surface area contributed by atoms with E-state index in [9.17, 15) is 0 Å². The number of hydrogen-bond acceptors (Lipinski definition) is 2. The van der Waals surface area contributed by atoms with E-state index < -0.39 is 0 Å².